The summed E-state index contributed by atoms with van der Waals surface area (Å²) in [5, 5.41) is 9.45. The molecule has 0 spiro atoms. The van der Waals surface area contributed by atoms with Crippen molar-refractivity contribution in [1.29, 1.82) is 0 Å². The zero-order chi connectivity index (χ0) is 19.7. The monoisotopic (exact) mass is 385 g/mol. The molecule has 1 saturated carbocycles. The highest BCUT2D eigenvalue weighted by atomic mass is 16.5. The Morgan fingerprint density at radius 3 is 2.90 bits per heavy atom. The van der Waals surface area contributed by atoms with Crippen LogP contribution in [-0.4, -0.2) is 39.2 Å². The van der Waals surface area contributed by atoms with Gasteiger partial charge in [-0.1, -0.05) is 0 Å². The SMILES string of the molecule is CC1Oc2cc3nc(-c4[nH]nc5ncccc45)cc(C4CC4)c3cc2N(C)C1=O. The van der Waals surface area contributed by atoms with Crippen LogP contribution in [0, 0.1) is 0 Å². The van der Waals surface area contributed by atoms with Crippen molar-refractivity contribution in [2.45, 2.75) is 31.8 Å². The lowest BCUT2D eigenvalue weighted by Gasteiger charge is -2.30. The molecule has 1 aromatic carbocycles. The first-order chi connectivity index (χ1) is 14.1. The number of aromatic nitrogens is 4. The fourth-order valence-electron chi connectivity index (χ4n) is 4.16. The van der Waals surface area contributed by atoms with E-state index in [4.69, 9.17) is 9.72 Å². The first kappa shape index (κ1) is 16.5. The van der Waals surface area contributed by atoms with Crippen molar-refractivity contribution in [3.63, 3.8) is 0 Å². The summed E-state index contributed by atoms with van der Waals surface area (Å²) in [6, 6.07) is 10.1. The molecule has 0 bridgehead atoms. The van der Waals surface area contributed by atoms with E-state index >= 15 is 0 Å². The molecule has 1 aliphatic carbocycles. The van der Waals surface area contributed by atoms with Crippen molar-refractivity contribution in [3.05, 3.63) is 42.1 Å². The number of hydrogen-bond donors (Lipinski definition) is 1. The Hall–Kier alpha value is -3.48. The van der Waals surface area contributed by atoms with Gasteiger partial charge in [-0.2, -0.15) is 5.10 Å². The molecule has 1 aliphatic heterocycles. The van der Waals surface area contributed by atoms with E-state index in [1.54, 1.807) is 25.1 Å². The predicted molar refractivity (Wildman–Crippen MR) is 110 cm³/mol. The van der Waals surface area contributed by atoms with Crippen molar-refractivity contribution in [3.8, 4) is 17.1 Å². The zero-order valence-electron chi connectivity index (χ0n) is 16.1. The summed E-state index contributed by atoms with van der Waals surface area (Å²) in [6.45, 7) is 1.77. The van der Waals surface area contributed by atoms with Gasteiger partial charge in [-0.05, 0) is 55.5 Å². The summed E-state index contributed by atoms with van der Waals surface area (Å²) < 4.78 is 5.88. The molecule has 144 valence electrons. The quantitative estimate of drug-likeness (QED) is 0.567. The first-order valence-electron chi connectivity index (χ1n) is 9.82. The highest BCUT2D eigenvalue weighted by Gasteiger charge is 2.32. The molecule has 1 unspecified atom stereocenters. The number of amides is 1. The van der Waals surface area contributed by atoms with Gasteiger partial charge < -0.3 is 9.64 Å². The second-order valence-electron chi connectivity index (χ2n) is 7.84. The molecule has 1 fully saturated rings. The number of carbonyl (C=O) groups excluding carboxylic acids is 1. The van der Waals surface area contributed by atoms with E-state index in [1.807, 2.05) is 24.3 Å². The number of nitrogens with zero attached hydrogens (tertiary/aromatic N) is 4. The molecule has 7 heteroatoms. The molecule has 1 atom stereocenters. The van der Waals surface area contributed by atoms with Crippen LogP contribution in [0.1, 0.15) is 31.2 Å². The Morgan fingerprint density at radius 1 is 1.21 bits per heavy atom. The van der Waals surface area contributed by atoms with Gasteiger partial charge in [-0.15, -0.1) is 0 Å². The fourth-order valence-corrected chi connectivity index (χ4v) is 4.16. The number of ether oxygens (including phenoxy) is 1. The molecule has 1 amide bonds. The van der Waals surface area contributed by atoms with E-state index < -0.39 is 6.10 Å². The first-order valence-corrected chi connectivity index (χ1v) is 9.82. The number of benzene rings is 1. The minimum Gasteiger partial charge on any atom is -0.479 e. The van der Waals surface area contributed by atoms with E-state index in [1.165, 1.54) is 18.4 Å². The maximum absolute atomic E-state index is 12.4. The molecule has 0 saturated heterocycles. The van der Waals surface area contributed by atoms with Crippen LogP contribution >= 0.6 is 0 Å². The molecule has 4 aromatic rings. The minimum absolute atomic E-state index is 0.0363. The molecule has 6 rings (SSSR count). The van der Waals surface area contributed by atoms with Crippen LogP contribution in [0.4, 0.5) is 5.69 Å². The summed E-state index contributed by atoms with van der Waals surface area (Å²) >= 11 is 0. The third kappa shape index (κ3) is 2.43. The number of fused-ring (bicyclic) bond motifs is 3. The Morgan fingerprint density at radius 2 is 2.07 bits per heavy atom. The van der Waals surface area contributed by atoms with Gasteiger partial charge in [-0.3, -0.25) is 9.89 Å². The van der Waals surface area contributed by atoms with Gasteiger partial charge in [0.25, 0.3) is 5.91 Å². The van der Waals surface area contributed by atoms with Crippen LogP contribution in [0.3, 0.4) is 0 Å². The van der Waals surface area contributed by atoms with Crippen LogP contribution in [0.2, 0.25) is 0 Å². The lowest BCUT2D eigenvalue weighted by Crippen LogP contribution is -2.41. The number of pyridine rings is 2. The molecule has 3 aromatic heterocycles. The number of rotatable bonds is 2. The summed E-state index contributed by atoms with van der Waals surface area (Å²) in [4.78, 5) is 23.3. The van der Waals surface area contributed by atoms with Crippen molar-refractivity contribution in [2.24, 2.45) is 0 Å². The van der Waals surface area contributed by atoms with Crippen LogP contribution in [0.5, 0.6) is 5.75 Å². The maximum atomic E-state index is 12.4. The smallest absolute Gasteiger partial charge is 0.267 e. The summed E-state index contributed by atoms with van der Waals surface area (Å²) in [5.74, 6) is 1.18. The van der Waals surface area contributed by atoms with Gasteiger partial charge in [0.1, 0.15) is 5.75 Å². The topological polar surface area (TPSA) is 84.0 Å². The highest BCUT2D eigenvalue weighted by Crippen LogP contribution is 2.46. The Kier molecular flexibility index (Phi) is 3.27. The van der Waals surface area contributed by atoms with E-state index in [2.05, 4.69) is 21.2 Å². The number of H-pyrrole nitrogens is 1. The lowest BCUT2D eigenvalue weighted by atomic mass is 10.0. The zero-order valence-corrected chi connectivity index (χ0v) is 16.1. The van der Waals surface area contributed by atoms with Gasteiger partial charge >= 0.3 is 0 Å². The van der Waals surface area contributed by atoms with Gasteiger partial charge in [0.05, 0.1) is 22.6 Å². The van der Waals surface area contributed by atoms with Crippen LogP contribution < -0.4 is 9.64 Å². The Bertz CT molecular complexity index is 1310. The largest absolute Gasteiger partial charge is 0.479 e. The van der Waals surface area contributed by atoms with Crippen LogP contribution in [0.15, 0.2) is 36.5 Å². The summed E-state index contributed by atoms with van der Waals surface area (Å²) in [5.41, 5.74) is 5.33. The highest BCUT2D eigenvalue weighted by molar-refractivity contribution is 6.03. The molecule has 7 nitrogen and oxygen atoms in total. The van der Waals surface area contributed by atoms with Gasteiger partial charge in [0, 0.05) is 30.1 Å². The molecule has 1 N–H and O–H groups in total. The number of nitrogens with one attached hydrogen (secondary N) is 1. The van der Waals surface area contributed by atoms with E-state index in [0.29, 0.717) is 17.3 Å². The number of anilines is 1. The van der Waals surface area contributed by atoms with Crippen LogP contribution in [-0.2, 0) is 4.79 Å². The average molecular weight is 385 g/mol. The second kappa shape index (κ2) is 5.76. The molecule has 0 radical (unpaired) electrons. The lowest BCUT2D eigenvalue weighted by molar-refractivity contribution is -0.125. The predicted octanol–water partition coefficient (Wildman–Crippen LogP) is 3.79. The minimum atomic E-state index is -0.501. The van der Waals surface area contributed by atoms with Crippen molar-refractivity contribution >= 4 is 33.5 Å². The van der Waals surface area contributed by atoms with Gasteiger partial charge in [0.15, 0.2) is 11.8 Å². The number of aromatic amines is 1. The number of carbonyl (C=O) groups is 1. The van der Waals surface area contributed by atoms with Crippen molar-refractivity contribution in [1.82, 2.24) is 20.2 Å². The van der Waals surface area contributed by atoms with Crippen molar-refractivity contribution in [2.75, 3.05) is 11.9 Å². The fraction of sp³-hybridized carbons (Fsp3) is 0.273. The third-order valence-electron chi connectivity index (χ3n) is 5.87. The average Bonchev–Trinajstić information content (AvgIpc) is 3.49. The van der Waals surface area contributed by atoms with E-state index in [9.17, 15) is 4.79 Å². The number of hydrogen-bond acceptors (Lipinski definition) is 5. The molecular weight excluding hydrogens is 366 g/mol. The van der Waals surface area contributed by atoms with Crippen molar-refractivity contribution < 1.29 is 9.53 Å². The standard InChI is InChI=1S/C22H19N5O2/c1-11-22(28)27(2)18-9-15-14(12-5-6-12)8-17(24-16(15)10-19(18)29-11)20-13-4-3-7-23-21(13)26-25-20/h3-4,7-12H,5-6H2,1-2H3,(H,23,25,26). The Balaban J connectivity index is 1.60. The maximum Gasteiger partial charge on any atom is 0.267 e. The Labute approximate surface area is 166 Å². The second-order valence-corrected chi connectivity index (χ2v) is 7.84. The molecule has 29 heavy (non-hydrogen) atoms. The van der Waals surface area contributed by atoms with Gasteiger partial charge in [-0.25, -0.2) is 9.97 Å². The number of likely N-dealkylation sites (N-methyl/N-ethyl adjacent to an activating group) is 1. The molecule has 4 heterocycles. The molecular formula is C22H19N5O2. The normalized spacial score (nSPS) is 18.9. The summed E-state index contributed by atoms with van der Waals surface area (Å²) in [6.07, 6.45) is 3.57. The molecule has 2 aliphatic rings. The van der Waals surface area contributed by atoms with Crippen LogP contribution in [0.25, 0.3) is 33.3 Å². The summed E-state index contributed by atoms with van der Waals surface area (Å²) in [7, 11) is 1.80. The van der Waals surface area contributed by atoms with Gasteiger partial charge in [0.2, 0.25) is 0 Å². The van der Waals surface area contributed by atoms with E-state index in [-0.39, 0.29) is 5.91 Å². The third-order valence-corrected chi connectivity index (χ3v) is 5.87. The van der Waals surface area contributed by atoms with E-state index in [0.717, 1.165) is 33.4 Å².